The van der Waals surface area contributed by atoms with Crippen LogP contribution in [-0.4, -0.2) is 41.0 Å². The van der Waals surface area contributed by atoms with E-state index in [1.54, 1.807) is 0 Å². The molecule has 1 aromatic rings. The van der Waals surface area contributed by atoms with Crippen molar-refractivity contribution in [3.63, 3.8) is 0 Å². The Balaban J connectivity index is 1.64. The number of hydrogen-bond acceptors (Lipinski definition) is 6. The normalized spacial score (nSPS) is 16.5. The number of aromatic nitrogens is 1. The summed E-state index contributed by atoms with van der Waals surface area (Å²) in [4.78, 5) is 16.6. The molecule has 6 nitrogen and oxygen atoms in total. The summed E-state index contributed by atoms with van der Waals surface area (Å²) in [5.41, 5.74) is 0. The van der Waals surface area contributed by atoms with Gasteiger partial charge in [-0.2, -0.15) is 0 Å². The van der Waals surface area contributed by atoms with Crippen molar-refractivity contribution in [2.45, 2.75) is 44.6 Å². The van der Waals surface area contributed by atoms with Crippen LogP contribution in [0.25, 0.3) is 0 Å². The fourth-order valence-electron chi connectivity index (χ4n) is 2.66. The van der Waals surface area contributed by atoms with Gasteiger partial charge in [0.05, 0.1) is 4.92 Å². The minimum Gasteiger partial charge on any atom is -0.361 e. The van der Waals surface area contributed by atoms with E-state index in [1.165, 1.54) is 38.3 Å². The van der Waals surface area contributed by atoms with Crippen LogP contribution in [-0.2, 0) is 0 Å². The summed E-state index contributed by atoms with van der Waals surface area (Å²) in [5, 5.41) is 14.4. The second-order valence-electron chi connectivity index (χ2n) is 5.31. The number of nitrogens with zero attached hydrogens (tertiary/aromatic N) is 3. The Kier molecular flexibility index (Phi) is 5.72. The number of nitrogens with one attached hydrogen (secondary N) is 1. The van der Waals surface area contributed by atoms with Crippen molar-refractivity contribution >= 4 is 21.5 Å². The fourth-order valence-corrected chi connectivity index (χ4v) is 3.32. The molecule has 1 fully saturated rings. The predicted molar refractivity (Wildman–Crippen MR) is 81.4 cm³/mol. The Bertz CT molecular complexity index is 432. The second-order valence-corrected chi connectivity index (χ2v) is 6.32. The van der Waals surface area contributed by atoms with Crippen LogP contribution in [0.5, 0.6) is 0 Å². The van der Waals surface area contributed by atoms with Gasteiger partial charge in [-0.1, -0.05) is 19.3 Å². The SMILES string of the molecule is CN(CCCNc1ncc([N+](=O)[O-])s1)C1CCCCC1. The van der Waals surface area contributed by atoms with Gasteiger partial charge in [0.25, 0.3) is 0 Å². The minimum atomic E-state index is -0.403. The summed E-state index contributed by atoms with van der Waals surface area (Å²) in [6.07, 6.45) is 9.08. The molecule has 1 N–H and O–H groups in total. The number of rotatable bonds is 7. The molecule has 7 heteroatoms. The summed E-state index contributed by atoms with van der Waals surface area (Å²) >= 11 is 1.09. The Morgan fingerprint density at radius 1 is 1.50 bits per heavy atom. The molecule has 0 atom stereocenters. The summed E-state index contributed by atoms with van der Waals surface area (Å²) in [5.74, 6) is 0. The molecule has 0 amide bonds. The first-order chi connectivity index (χ1) is 9.66. The third-order valence-electron chi connectivity index (χ3n) is 3.84. The van der Waals surface area contributed by atoms with E-state index in [1.807, 2.05) is 0 Å². The summed E-state index contributed by atoms with van der Waals surface area (Å²) < 4.78 is 0. The maximum absolute atomic E-state index is 10.6. The minimum absolute atomic E-state index is 0.0897. The van der Waals surface area contributed by atoms with Crippen LogP contribution in [0.3, 0.4) is 0 Å². The highest BCUT2D eigenvalue weighted by atomic mass is 32.1. The topological polar surface area (TPSA) is 71.3 Å². The molecule has 0 aliphatic heterocycles. The molecule has 1 saturated carbocycles. The van der Waals surface area contributed by atoms with Crippen LogP contribution < -0.4 is 5.32 Å². The molecule has 112 valence electrons. The zero-order valence-corrected chi connectivity index (χ0v) is 12.7. The summed E-state index contributed by atoms with van der Waals surface area (Å²) in [7, 11) is 2.20. The molecule has 1 aliphatic rings. The van der Waals surface area contributed by atoms with E-state index < -0.39 is 4.92 Å². The van der Waals surface area contributed by atoms with Crippen LogP contribution in [0.4, 0.5) is 10.1 Å². The van der Waals surface area contributed by atoms with Crippen molar-refractivity contribution < 1.29 is 4.92 Å². The van der Waals surface area contributed by atoms with Gasteiger partial charge in [0.15, 0.2) is 5.13 Å². The number of hydrogen-bond donors (Lipinski definition) is 1. The molecule has 0 saturated heterocycles. The Hall–Kier alpha value is -1.21. The molecule has 0 radical (unpaired) electrons. The quantitative estimate of drug-likeness (QED) is 0.476. The van der Waals surface area contributed by atoms with Crippen molar-refractivity contribution in [3.05, 3.63) is 16.3 Å². The smallest absolute Gasteiger partial charge is 0.345 e. The monoisotopic (exact) mass is 298 g/mol. The molecule has 2 rings (SSSR count). The lowest BCUT2D eigenvalue weighted by Gasteiger charge is -2.31. The first kappa shape index (κ1) is 15.2. The second kappa shape index (κ2) is 7.54. The molecule has 0 spiro atoms. The molecular formula is C13H22N4O2S. The summed E-state index contributed by atoms with van der Waals surface area (Å²) in [6, 6.07) is 0.740. The zero-order chi connectivity index (χ0) is 14.4. The standard InChI is InChI=1S/C13H22N4O2S/c1-16(11-6-3-2-4-7-11)9-5-8-14-13-15-10-12(20-13)17(18)19/h10-11H,2-9H2,1H3,(H,14,15). The van der Waals surface area contributed by atoms with Gasteiger partial charge in [-0.3, -0.25) is 10.1 Å². The van der Waals surface area contributed by atoms with Crippen LogP contribution in [0, 0.1) is 10.1 Å². The largest absolute Gasteiger partial charge is 0.361 e. The van der Waals surface area contributed by atoms with Gasteiger partial charge in [-0.25, -0.2) is 4.98 Å². The number of thiazole rings is 1. The van der Waals surface area contributed by atoms with E-state index in [0.717, 1.165) is 36.9 Å². The Labute approximate surface area is 123 Å². The number of anilines is 1. The molecule has 1 aromatic heterocycles. The van der Waals surface area contributed by atoms with E-state index in [2.05, 4.69) is 22.2 Å². The van der Waals surface area contributed by atoms with Gasteiger partial charge in [-0.05, 0) is 44.2 Å². The maximum atomic E-state index is 10.6. The van der Waals surface area contributed by atoms with Gasteiger partial charge in [0.2, 0.25) is 0 Å². The van der Waals surface area contributed by atoms with E-state index in [-0.39, 0.29) is 5.00 Å². The lowest BCUT2D eigenvalue weighted by atomic mass is 9.94. The molecule has 0 aromatic carbocycles. The van der Waals surface area contributed by atoms with Crippen molar-refractivity contribution in [2.24, 2.45) is 0 Å². The average Bonchev–Trinajstić information content (AvgIpc) is 2.93. The van der Waals surface area contributed by atoms with Gasteiger partial charge < -0.3 is 10.2 Å². The van der Waals surface area contributed by atoms with E-state index >= 15 is 0 Å². The van der Waals surface area contributed by atoms with Gasteiger partial charge in [0.1, 0.15) is 6.20 Å². The van der Waals surface area contributed by atoms with Gasteiger partial charge >= 0.3 is 5.00 Å². The lowest BCUT2D eigenvalue weighted by molar-refractivity contribution is -0.380. The average molecular weight is 298 g/mol. The van der Waals surface area contributed by atoms with Crippen molar-refractivity contribution in [3.8, 4) is 0 Å². The van der Waals surface area contributed by atoms with Gasteiger partial charge in [0, 0.05) is 12.6 Å². The van der Waals surface area contributed by atoms with Crippen LogP contribution in [0.15, 0.2) is 6.20 Å². The fraction of sp³-hybridized carbons (Fsp3) is 0.769. The predicted octanol–water partition coefficient (Wildman–Crippen LogP) is 3.12. The Morgan fingerprint density at radius 3 is 2.90 bits per heavy atom. The van der Waals surface area contributed by atoms with Crippen molar-refractivity contribution in [1.29, 1.82) is 0 Å². The molecule has 0 bridgehead atoms. The highest BCUT2D eigenvalue weighted by Crippen LogP contribution is 2.25. The maximum Gasteiger partial charge on any atom is 0.345 e. The molecule has 1 heterocycles. The molecule has 1 aliphatic carbocycles. The van der Waals surface area contributed by atoms with Gasteiger partial charge in [-0.15, -0.1) is 0 Å². The van der Waals surface area contributed by atoms with Crippen LogP contribution in [0.1, 0.15) is 38.5 Å². The Morgan fingerprint density at radius 2 is 2.25 bits per heavy atom. The third-order valence-corrected chi connectivity index (χ3v) is 4.74. The van der Waals surface area contributed by atoms with Crippen molar-refractivity contribution in [1.82, 2.24) is 9.88 Å². The van der Waals surface area contributed by atoms with E-state index in [4.69, 9.17) is 0 Å². The molecule has 0 unspecified atom stereocenters. The first-order valence-electron chi connectivity index (χ1n) is 7.21. The van der Waals surface area contributed by atoms with Crippen LogP contribution >= 0.6 is 11.3 Å². The highest BCUT2D eigenvalue weighted by Gasteiger charge is 2.17. The summed E-state index contributed by atoms with van der Waals surface area (Å²) in [6.45, 7) is 1.87. The first-order valence-corrected chi connectivity index (χ1v) is 8.03. The molecule has 20 heavy (non-hydrogen) atoms. The van der Waals surface area contributed by atoms with Crippen molar-refractivity contribution in [2.75, 3.05) is 25.5 Å². The highest BCUT2D eigenvalue weighted by molar-refractivity contribution is 7.18. The third kappa shape index (κ3) is 4.42. The van der Waals surface area contributed by atoms with E-state index in [9.17, 15) is 10.1 Å². The van der Waals surface area contributed by atoms with Crippen LogP contribution in [0.2, 0.25) is 0 Å². The lowest BCUT2D eigenvalue weighted by Crippen LogP contribution is -2.34. The number of nitro groups is 1. The zero-order valence-electron chi connectivity index (χ0n) is 11.9. The van der Waals surface area contributed by atoms with E-state index in [0.29, 0.717) is 5.13 Å². The molecular weight excluding hydrogens is 276 g/mol.